The fourth-order valence-corrected chi connectivity index (χ4v) is 3.37. The topological polar surface area (TPSA) is 53.7 Å². The normalized spacial score (nSPS) is 17.7. The number of benzene rings is 2. The summed E-state index contributed by atoms with van der Waals surface area (Å²) in [5.41, 5.74) is 0.349. The Morgan fingerprint density at radius 3 is 2.83 bits per heavy atom. The van der Waals surface area contributed by atoms with Crippen molar-refractivity contribution in [1.29, 1.82) is 0 Å². The van der Waals surface area contributed by atoms with Crippen molar-refractivity contribution in [1.82, 2.24) is 4.90 Å². The third-order valence-electron chi connectivity index (χ3n) is 4.52. The molecule has 2 aromatic carbocycles. The van der Waals surface area contributed by atoms with Crippen LogP contribution in [0.5, 0.6) is 5.75 Å². The van der Waals surface area contributed by atoms with Crippen LogP contribution in [-0.4, -0.2) is 22.5 Å². The number of aromatic hydroxyl groups is 1. The van der Waals surface area contributed by atoms with E-state index in [2.05, 4.69) is 0 Å². The highest BCUT2D eigenvalue weighted by Crippen LogP contribution is 2.36. The lowest BCUT2D eigenvalue weighted by Crippen LogP contribution is -2.30. The van der Waals surface area contributed by atoms with E-state index in [0.29, 0.717) is 17.5 Å². The summed E-state index contributed by atoms with van der Waals surface area (Å²) >= 11 is 0. The van der Waals surface area contributed by atoms with Crippen molar-refractivity contribution in [2.75, 3.05) is 6.54 Å². The van der Waals surface area contributed by atoms with Crippen LogP contribution in [0.25, 0.3) is 10.8 Å². The summed E-state index contributed by atoms with van der Waals surface area (Å²) in [4.78, 5) is 14.7. The van der Waals surface area contributed by atoms with Crippen LogP contribution in [0.1, 0.15) is 35.0 Å². The van der Waals surface area contributed by atoms with E-state index >= 15 is 0 Å². The second kappa shape index (κ2) is 5.47. The first-order chi connectivity index (χ1) is 11.3. The number of hydrogen-bond donors (Lipinski definition) is 1. The first kappa shape index (κ1) is 13.9. The Morgan fingerprint density at radius 1 is 1.13 bits per heavy atom. The van der Waals surface area contributed by atoms with Crippen LogP contribution in [0.2, 0.25) is 0 Å². The zero-order valence-electron chi connectivity index (χ0n) is 12.6. The van der Waals surface area contributed by atoms with E-state index < -0.39 is 0 Å². The van der Waals surface area contributed by atoms with Crippen LogP contribution in [0.15, 0.2) is 59.2 Å². The average Bonchev–Trinajstić information content (AvgIpc) is 3.26. The molecule has 1 N–H and O–H groups in total. The molecule has 1 fully saturated rings. The molecule has 1 aliphatic heterocycles. The van der Waals surface area contributed by atoms with Gasteiger partial charge in [0.05, 0.1) is 17.9 Å². The highest BCUT2D eigenvalue weighted by atomic mass is 16.3. The van der Waals surface area contributed by atoms with Gasteiger partial charge in [-0.05, 0) is 36.4 Å². The number of phenolic OH excluding ortho intramolecular Hbond substituents is 1. The molecular formula is C19H17NO3. The first-order valence-electron chi connectivity index (χ1n) is 7.81. The van der Waals surface area contributed by atoms with Crippen molar-refractivity contribution in [2.45, 2.75) is 18.9 Å². The number of phenols is 1. The Balaban J connectivity index is 1.73. The van der Waals surface area contributed by atoms with E-state index in [1.165, 1.54) is 0 Å². The number of carbonyl (C=O) groups excluding carboxylic acids is 1. The minimum absolute atomic E-state index is 0.0524. The molecule has 0 radical (unpaired) electrons. The molecule has 1 aromatic heterocycles. The first-order valence-corrected chi connectivity index (χ1v) is 7.81. The smallest absolute Gasteiger partial charge is 0.258 e. The average molecular weight is 307 g/mol. The minimum Gasteiger partial charge on any atom is -0.506 e. The zero-order valence-corrected chi connectivity index (χ0v) is 12.6. The highest BCUT2D eigenvalue weighted by molar-refractivity contribution is 6.03. The largest absolute Gasteiger partial charge is 0.506 e. The lowest BCUT2D eigenvalue weighted by Gasteiger charge is -2.23. The second-order valence-electron chi connectivity index (χ2n) is 5.85. The molecule has 2 heterocycles. The van der Waals surface area contributed by atoms with Gasteiger partial charge in [0, 0.05) is 11.9 Å². The predicted molar refractivity (Wildman–Crippen MR) is 87.3 cm³/mol. The Kier molecular flexibility index (Phi) is 3.30. The molecule has 4 heteroatoms. The van der Waals surface area contributed by atoms with Gasteiger partial charge in [-0.15, -0.1) is 0 Å². The van der Waals surface area contributed by atoms with Gasteiger partial charge in [-0.1, -0.05) is 30.3 Å². The molecule has 1 unspecified atom stereocenters. The third-order valence-corrected chi connectivity index (χ3v) is 4.52. The Bertz CT molecular complexity index is 854. The molecule has 116 valence electrons. The van der Waals surface area contributed by atoms with Crippen molar-refractivity contribution in [3.63, 3.8) is 0 Å². The van der Waals surface area contributed by atoms with Gasteiger partial charge in [0.15, 0.2) is 0 Å². The highest BCUT2D eigenvalue weighted by Gasteiger charge is 2.33. The van der Waals surface area contributed by atoms with Gasteiger partial charge < -0.3 is 14.4 Å². The molecule has 0 aliphatic carbocycles. The fourth-order valence-electron chi connectivity index (χ4n) is 3.37. The number of nitrogens with zero attached hydrogens (tertiary/aromatic N) is 1. The Labute approximate surface area is 133 Å². The van der Waals surface area contributed by atoms with Crippen LogP contribution >= 0.6 is 0 Å². The monoisotopic (exact) mass is 307 g/mol. The maximum absolute atomic E-state index is 12.9. The molecule has 4 nitrogen and oxygen atoms in total. The molecule has 1 saturated heterocycles. The van der Waals surface area contributed by atoms with E-state index in [1.807, 2.05) is 42.5 Å². The molecule has 0 spiro atoms. The van der Waals surface area contributed by atoms with E-state index in [-0.39, 0.29) is 17.7 Å². The van der Waals surface area contributed by atoms with E-state index in [4.69, 9.17) is 4.42 Å². The van der Waals surface area contributed by atoms with Gasteiger partial charge in [0.1, 0.15) is 11.5 Å². The minimum atomic E-state index is -0.146. The lowest BCUT2D eigenvalue weighted by molar-refractivity contribution is 0.0717. The predicted octanol–water partition coefficient (Wildman–Crippen LogP) is 4.12. The van der Waals surface area contributed by atoms with Gasteiger partial charge in [0.2, 0.25) is 0 Å². The Hall–Kier alpha value is -2.75. The van der Waals surface area contributed by atoms with Crippen LogP contribution in [0.4, 0.5) is 0 Å². The molecule has 4 rings (SSSR count). The molecule has 1 amide bonds. The van der Waals surface area contributed by atoms with Crippen LogP contribution < -0.4 is 0 Å². The molecule has 23 heavy (non-hydrogen) atoms. The lowest BCUT2D eigenvalue weighted by atomic mass is 10.0. The zero-order chi connectivity index (χ0) is 15.8. The molecule has 1 aliphatic rings. The van der Waals surface area contributed by atoms with Crippen molar-refractivity contribution in [3.8, 4) is 5.75 Å². The van der Waals surface area contributed by atoms with Gasteiger partial charge in [-0.25, -0.2) is 0 Å². The number of carbonyl (C=O) groups is 1. The van der Waals surface area contributed by atoms with E-state index in [1.54, 1.807) is 17.2 Å². The van der Waals surface area contributed by atoms with Crippen LogP contribution in [-0.2, 0) is 0 Å². The number of likely N-dealkylation sites (tertiary alicyclic amines) is 1. The van der Waals surface area contributed by atoms with Gasteiger partial charge >= 0.3 is 0 Å². The van der Waals surface area contributed by atoms with Crippen molar-refractivity contribution in [3.05, 3.63) is 66.1 Å². The van der Waals surface area contributed by atoms with Crippen LogP contribution in [0, 0.1) is 0 Å². The number of rotatable bonds is 2. The molecule has 3 aromatic rings. The summed E-state index contributed by atoms with van der Waals surface area (Å²) in [6, 6.07) is 14.8. The second-order valence-corrected chi connectivity index (χ2v) is 5.85. The molecule has 0 bridgehead atoms. The van der Waals surface area contributed by atoms with Crippen molar-refractivity contribution < 1.29 is 14.3 Å². The molecular weight excluding hydrogens is 290 g/mol. The molecule has 1 atom stereocenters. The van der Waals surface area contributed by atoms with Crippen molar-refractivity contribution >= 4 is 16.7 Å². The summed E-state index contributed by atoms with van der Waals surface area (Å²) in [5, 5.41) is 12.1. The van der Waals surface area contributed by atoms with Gasteiger partial charge in [0.25, 0.3) is 5.91 Å². The van der Waals surface area contributed by atoms with Gasteiger partial charge in [-0.2, -0.15) is 0 Å². The summed E-state index contributed by atoms with van der Waals surface area (Å²) in [6.07, 6.45) is 3.45. The van der Waals surface area contributed by atoms with Gasteiger partial charge in [-0.3, -0.25) is 4.79 Å². The quantitative estimate of drug-likeness (QED) is 0.775. The summed E-state index contributed by atoms with van der Waals surface area (Å²) in [7, 11) is 0. The standard InChI is InChI=1S/C19H17NO3/c21-18-14-6-2-1-5-13(14)9-10-15(18)19(22)20-11-3-7-16(20)17-8-4-12-23-17/h1-2,4-6,8-10,12,16,21H,3,7,11H2. The fraction of sp³-hybridized carbons (Fsp3) is 0.211. The number of hydrogen-bond acceptors (Lipinski definition) is 3. The van der Waals surface area contributed by atoms with E-state index in [9.17, 15) is 9.90 Å². The third kappa shape index (κ3) is 2.27. The SMILES string of the molecule is O=C(c1ccc2ccccc2c1O)N1CCCC1c1ccco1. The maximum atomic E-state index is 12.9. The van der Waals surface area contributed by atoms with Crippen molar-refractivity contribution in [2.24, 2.45) is 0 Å². The summed E-state index contributed by atoms with van der Waals surface area (Å²) in [6.45, 7) is 0.677. The summed E-state index contributed by atoms with van der Waals surface area (Å²) in [5.74, 6) is 0.710. The number of amides is 1. The molecule has 0 saturated carbocycles. The van der Waals surface area contributed by atoms with Crippen LogP contribution in [0.3, 0.4) is 0 Å². The number of furan rings is 1. The maximum Gasteiger partial charge on any atom is 0.258 e. The summed E-state index contributed by atoms with van der Waals surface area (Å²) < 4.78 is 5.48. The number of fused-ring (bicyclic) bond motifs is 1. The van der Waals surface area contributed by atoms with E-state index in [0.717, 1.165) is 24.0 Å². The Morgan fingerprint density at radius 2 is 2.00 bits per heavy atom.